The third-order valence-electron chi connectivity index (χ3n) is 4.81. The van der Waals surface area contributed by atoms with Crippen LogP contribution in [0.4, 0.5) is 5.69 Å². The molecule has 1 amide bonds. The highest BCUT2D eigenvalue weighted by Crippen LogP contribution is 2.40. The van der Waals surface area contributed by atoms with E-state index in [1.165, 1.54) is 0 Å². The third kappa shape index (κ3) is 5.81. The van der Waals surface area contributed by atoms with Gasteiger partial charge in [-0.3, -0.25) is 4.79 Å². The van der Waals surface area contributed by atoms with Gasteiger partial charge in [-0.25, -0.2) is 4.79 Å². The summed E-state index contributed by atoms with van der Waals surface area (Å²) >= 11 is 11.9. The van der Waals surface area contributed by atoms with E-state index in [1.807, 2.05) is 6.07 Å². The van der Waals surface area contributed by atoms with Gasteiger partial charge in [0.1, 0.15) is 23.2 Å². The number of hydrogen-bond acceptors (Lipinski definition) is 7. The number of benzene rings is 2. The molecule has 0 aromatic heterocycles. The maximum absolute atomic E-state index is 12.6. The minimum atomic E-state index is -0.816. The maximum atomic E-state index is 12.6. The SMILES string of the molecule is CCOC(=O)C1=C(C)OC(N)=C(C#N)C1c1cccc(OCC(=O)Nc2cc(Cl)cc(Cl)c2)c1. The molecule has 10 heteroatoms. The number of rotatable bonds is 7. The topological polar surface area (TPSA) is 124 Å². The second-order valence-corrected chi connectivity index (χ2v) is 8.06. The molecule has 0 saturated heterocycles. The largest absolute Gasteiger partial charge is 0.484 e. The van der Waals surface area contributed by atoms with Crippen molar-refractivity contribution >= 4 is 40.8 Å². The van der Waals surface area contributed by atoms with E-state index in [1.54, 1.807) is 56.3 Å². The summed E-state index contributed by atoms with van der Waals surface area (Å²) in [4.78, 5) is 25.0. The highest BCUT2D eigenvalue weighted by molar-refractivity contribution is 6.35. The molecule has 0 bridgehead atoms. The molecular weight excluding hydrogens is 481 g/mol. The Morgan fingerprint density at radius 3 is 2.56 bits per heavy atom. The standard InChI is InChI=1S/C24H21Cl2N3O5/c1-3-32-24(31)21-13(2)34-23(28)19(11-27)22(21)14-5-4-6-18(7-14)33-12-20(30)29-17-9-15(25)8-16(26)10-17/h4-10,22H,3,12,28H2,1-2H3,(H,29,30). The number of nitrogens with one attached hydrogen (secondary N) is 1. The quantitative estimate of drug-likeness (QED) is 0.528. The lowest BCUT2D eigenvalue weighted by Crippen LogP contribution is -2.25. The van der Waals surface area contributed by atoms with Crippen LogP contribution in [0.15, 0.2) is 65.3 Å². The fourth-order valence-corrected chi connectivity index (χ4v) is 3.97. The number of carbonyl (C=O) groups is 2. The lowest BCUT2D eigenvalue weighted by Gasteiger charge is -2.27. The van der Waals surface area contributed by atoms with Crippen LogP contribution >= 0.6 is 23.2 Å². The van der Waals surface area contributed by atoms with Crippen LogP contribution in [0.5, 0.6) is 5.75 Å². The molecule has 2 aromatic rings. The number of nitrogens with zero attached hydrogens (tertiary/aromatic N) is 1. The number of hydrogen-bond donors (Lipinski definition) is 2. The molecule has 0 fully saturated rings. The summed E-state index contributed by atoms with van der Waals surface area (Å²) in [6.07, 6.45) is 0. The van der Waals surface area contributed by atoms with Crippen LogP contribution in [-0.4, -0.2) is 25.1 Å². The van der Waals surface area contributed by atoms with Crippen molar-refractivity contribution in [3.8, 4) is 11.8 Å². The monoisotopic (exact) mass is 501 g/mol. The van der Waals surface area contributed by atoms with Gasteiger partial charge in [0.2, 0.25) is 5.88 Å². The van der Waals surface area contributed by atoms with Crippen LogP contribution in [-0.2, 0) is 19.1 Å². The van der Waals surface area contributed by atoms with Gasteiger partial charge in [0.25, 0.3) is 5.91 Å². The minimum absolute atomic E-state index is 0.0707. The number of carbonyl (C=O) groups excluding carboxylic acids is 2. The van der Waals surface area contributed by atoms with Crippen molar-refractivity contribution in [3.63, 3.8) is 0 Å². The van der Waals surface area contributed by atoms with Gasteiger partial charge in [0.15, 0.2) is 6.61 Å². The molecule has 1 unspecified atom stereocenters. The van der Waals surface area contributed by atoms with E-state index < -0.39 is 17.8 Å². The molecule has 8 nitrogen and oxygen atoms in total. The van der Waals surface area contributed by atoms with E-state index in [0.29, 0.717) is 27.0 Å². The van der Waals surface area contributed by atoms with Gasteiger partial charge in [-0.05, 0) is 49.7 Å². The number of allylic oxidation sites excluding steroid dienone is 2. The van der Waals surface area contributed by atoms with Gasteiger partial charge in [0, 0.05) is 15.7 Å². The first-order chi connectivity index (χ1) is 16.2. The Labute approximate surface area is 206 Å². The minimum Gasteiger partial charge on any atom is -0.484 e. The molecule has 1 aliphatic rings. The first kappa shape index (κ1) is 25.0. The van der Waals surface area contributed by atoms with Crippen LogP contribution in [0.2, 0.25) is 10.0 Å². The second kappa shape index (κ2) is 11.0. The Bertz CT molecular complexity index is 1210. The highest BCUT2D eigenvalue weighted by Gasteiger charge is 2.36. The van der Waals surface area contributed by atoms with Crippen LogP contribution in [0.3, 0.4) is 0 Å². The number of nitrogens with two attached hydrogens (primary N) is 1. The molecular formula is C24H21Cl2N3O5. The van der Waals surface area contributed by atoms with Crippen molar-refractivity contribution in [2.75, 3.05) is 18.5 Å². The summed E-state index contributed by atoms with van der Waals surface area (Å²) in [6.45, 7) is 3.11. The Morgan fingerprint density at radius 2 is 1.91 bits per heavy atom. The van der Waals surface area contributed by atoms with E-state index in [-0.39, 0.29) is 36.0 Å². The molecule has 2 aromatic carbocycles. The van der Waals surface area contributed by atoms with E-state index >= 15 is 0 Å². The van der Waals surface area contributed by atoms with Crippen LogP contribution in [0.25, 0.3) is 0 Å². The fraction of sp³-hybridized carbons (Fsp3) is 0.208. The van der Waals surface area contributed by atoms with E-state index in [9.17, 15) is 14.9 Å². The fourth-order valence-electron chi connectivity index (χ4n) is 3.44. The lowest BCUT2D eigenvalue weighted by molar-refractivity contribution is -0.139. The van der Waals surface area contributed by atoms with Gasteiger partial charge in [0.05, 0.1) is 18.1 Å². The van der Waals surface area contributed by atoms with Crippen molar-refractivity contribution in [1.82, 2.24) is 0 Å². The van der Waals surface area contributed by atoms with Crippen molar-refractivity contribution < 1.29 is 23.8 Å². The molecule has 3 N–H and O–H groups in total. The molecule has 3 rings (SSSR count). The molecule has 1 aliphatic heterocycles. The predicted octanol–water partition coefficient (Wildman–Crippen LogP) is 4.66. The number of amides is 1. The highest BCUT2D eigenvalue weighted by atomic mass is 35.5. The van der Waals surface area contributed by atoms with Gasteiger partial charge in [-0.15, -0.1) is 0 Å². The Balaban J connectivity index is 1.82. The summed E-state index contributed by atoms with van der Waals surface area (Å²) < 4.78 is 16.2. The summed E-state index contributed by atoms with van der Waals surface area (Å²) in [5.74, 6) is -1.37. The van der Waals surface area contributed by atoms with Gasteiger partial charge in [-0.2, -0.15) is 5.26 Å². The van der Waals surface area contributed by atoms with E-state index in [4.69, 9.17) is 43.1 Å². The Kier molecular flexibility index (Phi) is 8.05. The number of esters is 1. The van der Waals surface area contributed by atoms with Crippen LogP contribution in [0.1, 0.15) is 25.3 Å². The summed E-state index contributed by atoms with van der Waals surface area (Å²) in [5, 5.41) is 13.1. The molecule has 0 spiro atoms. The first-order valence-corrected chi connectivity index (χ1v) is 10.9. The van der Waals surface area contributed by atoms with E-state index in [2.05, 4.69) is 5.32 Å². The van der Waals surface area contributed by atoms with Crippen molar-refractivity contribution in [2.45, 2.75) is 19.8 Å². The number of anilines is 1. The second-order valence-electron chi connectivity index (χ2n) is 7.18. The lowest BCUT2D eigenvalue weighted by atomic mass is 9.83. The summed E-state index contributed by atoms with van der Waals surface area (Å²) in [7, 11) is 0. The van der Waals surface area contributed by atoms with Crippen LogP contribution < -0.4 is 15.8 Å². The van der Waals surface area contributed by atoms with Crippen LogP contribution in [0, 0.1) is 11.3 Å². The smallest absolute Gasteiger partial charge is 0.338 e. The van der Waals surface area contributed by atoms with Crippen molar-refractivity contribution in [2.24, 2.45) is 5.73 Å². The van der Waals surface area contributed by atoms with Gasteiger partial charge in [-0.1, -0.05) is 35.3 Å². The number of ether oxygens (including phenoxy) is 3. The molecule has 1 heterocycles. The van der Waals surface area contributed by atoms with E-state index in [0.717, 1.165) is 0 Å². The summed E-state index contributed by atoms with van der Waals surface area (Å²) in [6, 6.07) is 13.3. The molecule has 176 valence electrons. The number of nitriles is 1. The zero-order valence-electron chi connectivity index (χ0n) is 18.4. The Morgan fingerprint density at radius 1 is 1.21 bits per heavy atom. The average molecular weight is 502 g/mol. The van der Waals surface area contributed by atoms with Crippen molar-refractivity contribution in [3.05, 3.63) is 80.9 Å². The van der Waals surface area contributed by atoms with Crippen molar-refractivity contribution in [1.29, 1.82) is 5.26 Å². The predicted molar refractivity (Wildman–Crippen MR) is 127 cm³/mol. The number of halogens is 2. The molecule has 1 atom stereocenters. The zero-order chi connectivity index (χ0) is 24.8. The van der Waals surface area contributed by atoms with Gasteiger partial charge >= 0.3 is 5.97 Å². The van der Waals surface area contributed by atoms with Gasteiger partial charge < -0.3 is 25.3 Å². The molecule has 0 saturated carbocycles. The maximum Gasteiger partial charge on any atom is 0.338 e. The Hall–Kier alpha value is -3.67. The average Bonchev–Trinajstić information content (AvgIpc) is 2.77. The molecule has 34 heavy (non-hydrogen) atoms. The normalized spacial score (nSPS) is 15.3. The molecule has 0 aliphatic carbocycles. The first-order valence-electron chi connectivity index (χ1n) is 10.2. The molecule has 0 radical (unpaired) electrons. The summed E-state index contributed by atoms with van der Waals surface area (Å²) in [5.41, 5.74) is 7.14. The zero-order valence-corrected chi connectivity index (χ0v) is 19.9. The third-order valence-corrected chi connectivity index (χ3v) is 5.25.